The Kier molecular flexibility index (Phi) is 4.93. The van der Waals surface area contributed by atoms with Crippen molar-refractivity contribution in [1.82, 2.24) is 20.2 Å². The van der Waals surface area contributed by atoms with Crippen LogP contribution in [0.25, 0.3) is 23.2 Å². The van der Waals surface area contributed by atoms with Gasteiger partial charge in [-0.2, -0.15) is 4.68 Å². The summed E-state index contributed by atoms with van der Waals surface area (Å²) >= 11 is 0. The van der Waals surface area contributed by atoms with Crippen LogP contribution < -0.4 is 5.32 Å². The first-order valence-electron chi connectivity index (χ1n) is 8.47. The second kappa shape index (κ2) is 7.85. The van der Waals surface area contributed by atoms with Gasteiger partial charge in [0.05, 0.1) is 12.0 Å². The third-order valence-corrected chi connectivity index (χ3v) is 3.96. The number of nitrogens with one attached hydrogen (secondary N) is 1. The highest BCUT2D eigenvalue weighted by molar-refractivity contribution is 6.24. The number of hydrogen-bond donors (Lipinski definition) is 1. The Hall–Kier alpha value is -4.14. The van der Waals surface area contributed by atoms with Crippen LogP contribution >= 0.6 is 0 Å². The van der Waals surface area contributed by atoms with E-state index < -0.39 is 17.5 Å². The molecule has 0 saturated heterocycles. The molecule has 0 aliphatic carbocycles. The van der Waals surface area contributed by atoms with Gasteiger partial charge in [-0.1, -0.05) is 30.3 Å². The van der Waals surface area contributed by atoms with E-state index in [0.717, 1.165) is 18.2 Å². The lowest BCUT2D eigenvalue weighted by molar-refractivity contribution is -0.111. The lowest BCUT2D eigenvalue weighted by atomic mass is 10.2. The number of nitrogens with zero attached hydrogens (tertiary/aromatic N) is 4. The number of carbonyl (C=O) groups excluding carboxylic acids is 1. The predicted molar refractivity (Wildman–Crippen MR) is 101 cm³/mol. The number of anilines is 1. The van der Waals surface area contributed by atoms with Crippen LogP contribution in [0.4, 0.5) is 14.5 Å². The summed E-state index contributed by atoms with van der Waals surface area (Å²) < 4.78 is 33.9. The van der Waals surface area contributed by atoms with Crippen molar-refractivity contribution < 1.29 is 18.0 Å². The van der Waals surface area contributed by atoms with E-state index in [0.29, 0.717) is 17.1 Å². The molecule has 29 heavy (non-hydrogen) atoms. The van der Waals surface area contributed by atoms with Crippen molar-refractivity contribution in [3.05, 3.63) is 84.3 Å². The molecule has 9 heteroatoms. The average molecular weight is 393 g/mol. The van der Waals surface area contributed by atoms with Gasteiger partial charge in [0.25, 0.3) is 5.91 Å². The lowest BCUT2D eigenvalue weighted by Crippen LogP contribution is -2.20. The highest BCUT2D eigenvalue weighted by Crippen LogP contribution is 2.23. The molecule has 0 aliphatic rings. The molecule has 7 nitrogen and oxygen atoms in total. The van der Waals surface area contributed by atoms with Crippen molar-refractivity contribution in [3.63, 3.8) is 0 Å². The second-order valence-corrected chi connectivity index (χ2v) is 5.90. The van der Waals surface area contributed by atoms with Crippen LogP contribution in [-0.4, -0.2) is 26.1 Å². The standard InChI is InChI=1S/C20H13F2N5O2/c21-14-8-9-16(22)17(11-14)23-20(28)18(12-15-7-4-10-29-15)27-19(24-25-26-27)13-5-2-1-3-6-13/h1-12H,(H,23,28)/b18-12-. The summed E-state index contributed by atoms with van der Waals surface area (Å²) in [4.78, 5) is 13.0. The fourth-order valence-electron chi connectivity index (χ4n) is 2.63. The quantitative estimate of drug-likeness (QED) is 0.521. The third kappa shape index (κ3) is 3.93. The van der Waals surface area contributed by atoms with Crippen molar-refractivity contribution in [2.24, 2.45) is 0 Å². The summed E-state index contributed by atoms with van der Waals surface area (Å²) in [7, 11) is 0. The SMILES string of the molecule is O=C(Nc1cc(F)ccc1F)/C(=C/c1ccco1)n1nnnc1-c1ccccc1. The van der Waals surface area contributed by atoms with Gasteiger partial charge in [0, 0.05) is 17.7 Å². The zero-order chi connectivity index (χ0) is 20.2. The minimum atomic E-state index is -0.780. The Balaban J connectivity index is 1.77. The number of furan rings is 1. The van der Waals surface area contributed by atoms with Gasteiger partial charge in [-0.15, -0.1) is 5.10 Å². The zero-order valence-corrected chi connectivity index (χ0v) is 14.8. The Bertz CT molecular complexity index is 1170. The highest BCUT2D eigenvalue weighted by Gasteiger charge is 2.21. The fraction of sp³-hybridized carbons (Fsp3) is 0. The molecule has 1 amide bonds. The first-order valence-corrected chi connectivity index (χ1v) is 8.47. The van der Waals surface area contributed by atoms with E-state index in [4.69, 9.17) is 4.42 Å². The van der Waals surface area contributed by atoms with E-state index >= 15 is 0 Å². The number of halogens is 2. The number of aromatic nitrogens is 4. The molecule has 0 radical (unpaired) electrons. The largest absolute Gasteiger partial charge is 0.465 e. The molecule has 0 atom stereocenters. The molecule has 0 unspecified atom stereocenters. The minimum Gasteiger partial charge on any atom is -0.465 e. The number of carbonyl (C=O) groups is 1. The maximum atomic E-state index is 14.0. The van der Waals surface area contributed by atoms with Gasteiger partial charge in [-0.3, -0.25) is 4.79 Å². The first-order chi connectivity index (χ1) is 14.1. The maximum absolute atomic E-state index is 14.0. The van der Waals surface area contributed by atoms with Gasteiger partial charge in [0.2, 0.25) is 0 Å². The van der Waals surface area contributed by atoms with Crippen LogP contribution in [0.3, 0.4) is 0 Å². The average Bonchev–Trinajstić information content (AvgIpc) is 3.41. The topological polar surface area (TPSA) is 85.8 Å². The Morgan fingerprint density at radius 1 is 1.07 bits per heavy atom. The molecule has 4 aromatic rings. The monoisotopic (exact) mass is 393 g/mol. The Morgan fingerprint density at radius 3 is 2.66 bits per heavy atom. The van der Waals surface area contributed by atoms with Crippen molar-refractivity contribution >= 4 is 23.4 Å². The van der Waals surface area contributed by atoms with E-state index in [-0.39, 0.29) is 11.4 Å². The summed E-state index contributed by atoms with van der Waals surface area (Å²) in [6, 6.07) is 15.0. The molecule has 4 rings (SSSR count). The molecule has 1 N–H and O–H groups in total. The van der Waals surface area contributed by atoms with Gasteiger partial charge in [-0.25, -0.2) is 8.78 Å². The van der Waals surface area contributed by atoms with Gasteiger partial charge >= 0.3 is 0 Å². The van der Waals surface area contributed by atoms with Gasteiger partial charge in [-0.05, 0) is 34.7 Å². The molecule has 0 fully saturated rings. The molecular formula is C20H13F2N5O2. The van der Waals surface area contributed by atoms with Gasteiger partial charge in [0.1, 0.15) is 23.1 Å². The third-order valence-electron chi connectivity index (χ3n) is 3.96. The molecule has 2 aromatic carbocycles. The van der Waals surface area contributed by atoms with E-state index in [9.17, 15) is 13.6 Å². The molecule has 0 bridgehead atoms. The molecule has 0 saturated carbocycles. The molecule has 2 heterocycles. The zero-order valence-electron chi connectivity index (χ0n) is 14.8. The van der Waals surface area contributed by atoms with Crippen LogP contribution in [0, 0.1) is 11.6 Å². The maximum Gasteiger partial charge on any atom is 0.274 e. The molecular weight excluding hydrogens is 380 g/mol. The second-order valence-electron chi connectivity index (χ2n) is 5.90. The van der Waals surface area contributed by atoms with E-state index in [1.807, 2.05) is 6.07 Å². The van der Waals surface area contributed by atoms with Crippen LogP contribution in [0.5, 0.6) is 0 Å². The Labute approximate surface area is 163 Å². The lowest BCUT2D eigenvalue weighted by Gasteiger charge is -2.11. The van der Waals surface area contributed by atoms with Crippen LogP contribution in [-0.2, 0) is 4.79 Å². The van der Waals surface area contributed by atoms with Crippen LogP contribution in [0.15, 0.2) is 71.3 Å². The summed E-state index contributed by atoms with van der Waals surface area (Å²) in [5.74, 6) is -1.58. The smallest absolute Gasteiger partial charge is 0.274 e. The van der Waals surface area contributed by atoms with Crippen molar-refractivity contribution in [2.45, 2.75) is 0 Å². The normalized spacial score (nSPS) is 11.4. The van der Waals surface area contributed by atoms with E-state index in [1.54, 1.807) is 36.4 Å². The van der Waals surface area contributed by atoms with E-state index in [1.165, 1.54) is 17.0 Å². The van der Waals surface area contributed by atoms with Crippen LogP contribution in [0.1, 0.15) is 5.76 Å². The van der Waals surface area contributed by atoms with Gasteiger partial charge < -0.3 is 9.73 Å². The highest BCUT2D eigenvalue weighted by atomic mass is 19.1. The molecule has 0 spiro atoms. The van der Waals surface area contributed by atoms with Gasteiger partial charge in [0.15, 0.2) is 5.82 Å². The summed E-state index contributed by atoms with van der Waals surface area (Å²) in [5, 5.41) is 13.9. The summed E-state index contributed by atoms with van der Waals surface area (Å²) in [6.45, 7) is 0. The fourth-order valence-corrected chi connectivity index (χ4v) is 2.63. The number of rotatable bonds is 5. The minimum absolute atomic E-state index is 0.0486. The van der Waals surface area contributed by atoms with Crippen molar-refractivity contribution in [1.29, 1.82) is 0 Å². The predicted octanol–water partition coefficient (Wildman–Crippen LogP) is 3.85. The Morgan fingerprint density at radius 2 is 1.90 bits per heavy atom. The first kappa shape index (κ1) is 18.2. The molecule has 0 aliphatic heterocycles. The van der Waals surface area contributed by atoms with Crippen molar-refractivity contribution in [2.75, 3.05) is 5.32 Å². The van der Waals surface area contributed by atoms with Crippen LogP contribution in [0.2, 0.25) is 0 Å². The summed E-state index contributed by atoms with van der Waals surface area (Å²) in [6.07, 6.45) is 2.83. The number of amides is 1. The van der Waals surface area contributed by atoms with E-state index in [2.05, 4.69) is 20.8 Å². The number of hydrogen-bond acceptors (Lipinski definition) is 5. The molecule has 2 aromatic heterocycles. The molecule has 144 valence electrons. The van der Waals surface area contributed by atoms with Crippen molar-refractivity contribution in [3.8, 4) is 11.4 Å². The number of tetrazole rings is 1. The summed E-state index contributed by atoms with van der Waals surface area (Å²) in [5.41, 5.74) is 0.301. The number of benzene rings is 2.